The molecule has 3 rings (SSSR count). The van der Waals surface area contributed by atoms with Crippen molar-refractivity contribution in [2.75, 3.05) is 18.5 Å². The van der Waals surface area contributed by atoms with Crippen molar-refractivity contribution in [1.82, 2.24) is 0 Å². The molecule has 2 aromatic rings. The zero-order chi connectivity index (χ0) is 14.8. The monoisotopic (exact) mass is 387 g/mol. The first-order valence-corrected chi connectivity index (χ1v) is 7.95. The number of anilines is 1. The lowest BCUT2D eigenvalue weighted by Crippen LogP contribution is -2.16. The van der Waals surface area contributed by atoms with Crippen molar-refractivity contribution < 1.29 is 9.47 Å². The summed E-state index contributed by atoms with van der Waals surface area (Å²) in [6, 6.07) is 9.43. The van der Waals surface area contributed by atoms with E-state index < -0.39 is 0 Å². The van der Waals surface area contributed by atoms with Crippen molar-refractivity contribution in [3.8, 4) is 11.5 Å². The van der Waals surface area contributed by atoms with Crippen LogP contribution >= 0.6 is 39.1 Å². The molecule has 1 N–H and O–H groups in total. The smallest absolute Gasteiger partial charge is 0.179 e. The molecule has 2 aromatic carbocycles. The van der Waals surface area contributed by atoms with Crippen LogP contribution in [-0.2, 0) is 6.54 Å². The van der Waals surface area contributed by atoms with Crippen LogP contribution < -0.4 is 14.8 Å². The Balaban J connectivity index is 1.77. The summed E-state index contributed by atoms with van der Waals surface area (Å²) in [6.45, 7) is 1.70. The highest BCUT2D eigenvalue weighted by molar-refractivity contribution is 9.10. The fourth-order valence-electron chi connectivity index (χ4n) is 2.10. The largest absolute Gasteiger partial charge is 0.486 e. The van der Waals surface area contributed by atoms with E-state index in [1.54, 1.807) is 0 Å². The first-order valence-electron chi connectivity index (χ1n) is 6.40. The van der Waals surface area contributed by atoms with E-state index in [0.717, 1.165) is 15.7 Å². The van der Waals surface area contributed by atoms with Crippen LogP contribution in [0.5, 0.6) is 11.5 Å². The Bertz CT molecular complexity index is 679. The van der Waals surface area contributed by atoms with Crippen molar-refractivity contribution in [3.05, 3.63) is 50.4 Å². The maximum Gasteiger partial charge on any atom is 0.179 e. The van der Waals surface area contributed by atoms with E-state index in [1.165, 1.54) is 0 Å². The maximum absolute atomic E-state index is 6.22. The molecule has 0 atom stereocenters. The molecule has 21 heavy (non-hydrogen) atoms. The molecule has 0 fully saturated rings. The lowest BCUT2D eigenvalue weighted by molar-refractivity contribution is 0.171. The van der Waals surface area contributed by atoms with E-state index in [0.29, 0.717) is 41.3 Å². The van der Waals surface area contributed by atoms with E-state index in [-0.39, 0.29) is 0 Å². The Morgan fingerprint density at radius 1 is 1.10 bits per heavy atom. The van der Waals surface area contributed by atoms with Gasteiger partial charge in [0.15, 0.2) is 11.5 Å². The molecule has 0 bridgehead atoms. The Kier molecular flexibility index (Phi) is 4.48. The molecule has 6 heteroatoms. The van der Waals surface area contributed by atoms with Gasteiger partial charge in [-0.1, -0.05) is 23.2 Å². The van der Waals surface area contributed by atoms with Gasteiger partial charge in [0, 0.05) is 21.7 Å². The molecular weight excluding hydrogens is 377 g/mol. The van der Waals surface area contributed by atoms with Gasteiger partial charge in [0.1, 0.15) is 13.2 Å². The molecule has 1 heterocycles. The van der Waals surface area contributed by atoms with Crippen LogP contribution in [0, 0.1) is 0 Å². The number of rotatable bonds is 3. The van der Waals surface area contributed by atoms with Gasteiger partial charge >= 0.3 is 0 Å². The van der Waals surface area contributed by atoms with Gasteiger partial charge in [-0.25, -0.2) is 0 Å². The van der Waals surface area contributed by atoms with Crippen molar-refractivity contribution in [1.29, 1.82) is 0 Å². The van der Waals surface area contributed by atoms with Crippen molar-refractivity contribution in [3.63, 3.8) is 0 Å². The number of fused-ring (bicyclic) bond motifs is 1. The van der Waals surface area contributed by atoms with Crippen LogP contribution in [0.1, 0.15) is 5.56 Å². The van der Waals surface area contributed by atoms with E-state index >= 15 is 0 Å². The third-order valence-electron chi connectivity index (χ3n) is 3.07. The third-order valence-corrected chi connectivity index (χ3v) is 4.24. The first-order chi connectivity index (χ1) is 10.1. The predicted molar refractivity (Wildman–Crippen MR) is 88.9 cm³/mol. The number of hydrogen-bond acceptors (Lipinski definition) is 3. The Labute approximate surface area is 141 Å². The fraction of sp³-hybridized carbons (Fsp3) is 0.200. The molecule has 0 amide bonds. The highest BCUT2D eigenvalue weighted by Gasteiger charge is 2.16. The van der Waals surface area contributed by atoms with E-state index in [1.807, 2.05) is 30.3 Å². The average molecular weight is 389 g/mol. The van der Waals surface area contributed by atoms with Gasteiger partial charge in [-0.2, -0.15) is 0 Å². The minimum Gasteiger partial charge on any atom is -0.486 e. The summed E-state index contributed by atoms with van der Waals surface area (Å²) >= 11 is 15.6. The Morgan fingerprint density at radius 2 is 1.90 bits per heavy atom. The summed E-state index contributed by atoms with van der Waals surface area (Å²) in [5.41, 5.74) is 1.98. The zero-order valence-corrected chi connectivity index (χ0v) is 14.1. The second-order valence-corrected chi connectivity index (χ2v) is 6.28. The second-order valence-electron chi connectivity index (χ2n) is 4.58. The van der Waals surface area contributed by atoms with E-state index in [2.05, 4.69) is 21.2 Å². The van der Waals surface area contributed by atoms with Gasteiger partial charge in [-0.3, -0.25) is 0 Å². The first kappa shape index (κ1) is 14.8. The number of nitrogens with one attached hydrogen (secondary N) is 1. The van der Waals surface area contributed by atoms with Gasteiger partial charge in [0.2, 0.25) is 0 Å². The van der Waals surface area contributed by atoms with Crippen molar-refractivity contribution >= 4 is 44.8 Å². The van der Waals surface area contributed by atoms with Crippen LogP contribution in [0.3, 0.4) is 0 Å². The predicted octanol–water partition coefficient (Wildman–Crippen LogP) is 5.14. The van der Waals surface area contributed by atoms with Crippen LogP contribution in [0.2, 0.25) is 10.0 Å². The number of hydrogen-bond donors (Lipinski definition) is 1. The zero-order valence-electron chi connectivity index (χ0n) is 11.0. The molecule has 0 saturated carbocycles. The van der Waals surface area contributed by atoms with Crippen molar-refractivity contribution in [2.24, 2.45) is 0 Å². The molecule has 1 aliphatic rings. The van der Waals surface area contributed by atoms with Crippen LogP contribution in [0.15, 0.2) is 34.8 Å². The fourth-order valence-corrected chi connectivity index (χ4v) is 3.21. The van der Waals surface area contributed by atoms with Crippen LogP contribution in [-0.4, -0.2) is 13.2 Å². The summed E-state index contributed by atoms with van der Waals surface area (Å²) in [5.74, 6) is 1.32. The van der Waals surface area contributed by atoms with Gasteiger partial charge in [0.25, 0.3) is 0 Å². The van der Waals surface area contributed by atoms with E-state index in [4.69, 9.17) is 32.7 Å². The summed E-state index contributed by atoms with van der Waals surface area (Å²) in [6.07, 6.45) is 0. The molecular formula is C15H12BrCl2NO2. The second kappa shape index (κ2) is 6.34. The molecule has 0 spiro atoms. The number of ether oxygens (including phenoxy) is 2. The Morgan fingerprint density at radius 3 is 2.71 bits per heavy atom. The minimum atomic E-state index is 0.530. The third kappa shape index (κ3) is 3.39. The minimum absolute atomic E-state index is 0.530. The quantitative estimate of drug-likeness (QED) is 0.789. The average Bonchev–Trinajstić information content (AvgIpc) is 2.46. The number of benzene rings is 2. The number of halogens is 3. The molecule has 110 valence electrons. The summed E-state index contributed by atoms with van der Waals surface area (Å²) in [4.78, 5) is 0. The molecule has 0 radical (unpaired) electrons. The SMILES string of the molecule is Clc1ccc(NCc2cc(Cl)c3c(c2)OCCO3)c(Br)c1. The van der Waals surface area contributed by atoms with Gasteiger partial charge in [-0.15, -0.1) is 0 Å². The summed E-state index contributed by atoms with van der Waals surface area (Å²) in [5, 5.41) is 4.59. The highest BCUT2D eigenvalue weighted by atomic mass is 79.9. The molecule has 0 aromatic heterocycles. The summed E-state index contributed by atoms with van der Waals surface area (Å²) in [7, 11) is 0. The van der Waals surface area contributed by atoms with Crippen LogP contribution in [0.25, 0.3) is 0 Å². The molecule has 0 saturated heterocycles. The Hall–Kier alpha value is -1.10. The lowest BCUT2D eigenvalue weighted by Gasteiger charge is -2.20. The molecule has 0 unspecified atom stereocenters. The topological polar surface area (TPSA) is 30.5 Å². The molecule has 1 aliphatic heterocycles. The molecule has 3 nitrogen and oxygen atoms in total. The van der Waals surface area contributed by atoms with E-state index in [9.17, 15) is 0 Å². The van der Waals surface area contributed by atoms with Gasteiger partial charge in [0.05, 0.1) is 5.02 Å². The van der Waals surface area contributed by atoms with Gasteiger partial charge in [-0.05, 0) is 51.8 Å². The standard InChI is InChI=1S/C15H12BrCl2NO2/c16-11-7-10(17)1-2-13(11)19-8-9-5-12(18)15-14(6-9)20-3-4-21-15/h1-2,5-7,19H,3-4,8H2. The maximum atomic E-state index is 6.22. The lowest BCUT2D eigenvalue weighted by atomic mass is 10.2. The highest BCUT2D eigenvalue weighted by Crippen LogP contribution is 2.38. The normalized spacial score (nSPS) is 13.1. The van der Waals surface area contributed by atoms with Gasteiger partial charge < -0.3 is 14.8 Å². The summed E-state index contributed by atoms with van der Waals surface area (Å²) < 4.78 is 12.0. The van der Waals surface area contributed by atoms with Crippen LogP contribution in [0.4, 0.5) is 5.69 Å². The van der Waals surface area contributed by atoms with Crippen molar-refractivity contribution in [2.45, 2.75) is 6.54 Å². The molecule has 0 aliphatic carbocycles.